The second kappa shape index (κ2) is 4.63. The molecule has 0 spiro atoms. The van der Waals surface area contributed by atoms with Crippen LogP contribution in [-0.2, 0) is 6.42 Å². The third-order valence-corrected chi connectivity index (χ3v) is 4.53. The number of nitrogens with two attached hydrogens (primary N) is 1. The van der Waals surface area contributed by atoms with E-state index in [-0.39, 0.29) is 0 Å². The normalized spacial score (nSPS) is 11.1. The Morgan fingerprint density at radius 2 is 2.00 bits per heavy atom. The van der Waals surface area contributed by atoms with Crippen LogP contribution in [0.5, 0.6) is 0 Å². The second-order valence-electron chi connectivity index (χ2n) is 3.83. The molecule has 0 unspecified atom stereocenters. The number of rotatable bonds is 1. The fourth-order valence-corrected chi connectivity index (χ4v) is 2.87. The van der Waals surface area contributed by atoms with Crippen molar-refractivity contribution in [2.45, 2.75) is 20.3 Å². The molecule has 90 valence electrons. The molecule has 1 aromatic heterocycles. The summed E-state index contributed by atoms with van der Waals surface area (Å²) in [6.45, 7) is 3.99. The van der Waals surface area contributed by atoms with Crippen LogP contribution in [0.15, 0.2) is 10.5 Å². The molecule has 0 bridgehead atoms. The van der Waals surface area contributed by atoms with Crippen molar-refractivity contribution in [3.63, 3.8) is 0 Å². The molecule has 0 saturated heterocycles. The summed E-state index contributed by atoms with van der Waals surface area (Å²) in [6.07, 6.45) is 0.846. The molecule has 2 N–H and O–H groups in total. The molecule has 0 fully saturated rings. The van der Waals surface area contributed by atoms with E-state index in [4.69, 9.17) is 28.9 Å². The summed E-state index contributed by atoms with van der Waals surface area (Å²) in [4.78, 5) is 4.49. The van der Waals surface area contributed by atoms with E-state index in [0.717, 1.165) is 33.2 Å². The second-order valence-corrected chi connectivity index (χ2v) is 5.44. The van der Waals surface area contributed by atoms with Crippen LogP contribution in [0.2, 0.25) is 10.0 Å². The first-order valence-electron chi connectivity index (χ1n) is 5.19. The maximum atomic E-state index is 6.19. The minimum absolute atomic E-state index is 0.438. The maximum absolute atomic E-state index is 6.19. The standard InChI is InChI=1S/C12H11BrCl2N2/c1-3-6-5(2)17-12-7(11(6)16)4-8(13)9(14)10(12)15/h4H,3H2,1-2H3,(H2,16,17). The van der Waals surface area contributed by atoms with Gasteiger partial charge in [0.1, 0.15) is 0 Å². The third kappa shape index (κ3) is 2.01. The summed E-state index contributed by atoms with van der Waals surface area (Å²) < 4.78 is 0.732. The van der Waals surface area contributed by atoms with Gasteiger partial charge < -0.3 is 5.73 Å². The van der Waals surface area contributed by atoms with Crippen LogP contribution in [-0.4, -0.2) is 4.98 Å². The lowest BCUT2D eigenvalue weighted by molar-refractivity contribution is 1.07. The quantitative estimate of drug-likeness (QED) is 0.764. The Labute approximate surface area is 118 Å². The van der Waals surface area contributed by atoms with Gasteiger partial charge in [-0.2, -0.15) is 0 Å². The van der Waals surface area contributed by atoms with Crippen LogP contribution < -0.4 is 5.73 Å². The average Bonchev–Trinajstić information content (AvgIpc) is 2.29. The lowest BCUT2D eigenvalue weighted by Crippen LogP contribution is -2.01. The molecule has 17 heavy (non-hydrogen) atoms. The smallest absolute Gasteiger partial charge is 0.0928 e. The highest BCUT2D eigenvalue weighted by Crippen LogP contribution is 2.39. The first kappa shape index (κ1) is 12.9. The number of hydrogen-bond donors (Lipinski definition) is 1. The van der Waals surface area contributed by atoms with Gasteiger partial charge in [0, 0.05) is 21.2 Å². The fourth-order valence-electron chi connectivity index (χ4n) is 1.94. The van der Waals surface area contributed by atoms with E-state index >= 15 is 0 Å². The number of hydrogen-bond acceptors (Lipinski definition) is 2. The molecule has 1 aromatic carbocycles. The van der Waals surface area contributed by atoms with Crippen molar-refractivity contribution in [1.29, 1.82) is 0 Å². The minimum Gasteiger partial charge on any atom is -0.398 e. The third-order valence-electron chi connectivity index (χ3n) is 2.82. The van der Waals surface area contributed by atoms with E-state index in [1.165, 1.54) is 0 Å². The predicted octanol–water partition coefficient (Wildman–Crippen LogP) is 4.76. The van der Waals surface area contributed by atoms with E-state index < -0.39 is 0 Å². The van der Waals surface area contributed by atoms with Crippen LogP contribution in [0, 0.1) is 6.92 Å². The number of pyridine rings is 1. The molecular formula is C12H11BrCl2N2. The molecular weight excluding hydrogens is 323 g/mol. The van der Waals surface area contributed by atoms with Crippen LogP contribution in [0.3, 0.4) is 0 Å². The van der Waals surface area contributed by atoms with Gasteiger partial charge in [-0.15, -0.1) is 0 Å². The highest BCUT2D eigenvalue weighted by molar-refractivity contribution is 9.10. The van der Waals surface area contributed by atoms with Crippen molar-refractivity contribution in [2.75, 3.05) is 5.73 Å². The molecule has 0 saturated carbocycles. The van der Waals surface area contributed by atoms with Gasteiger partial charge in [-0.05, 0) is 40.9 Å². The maximum Gasteiger partial charge on any atom is 0.0928 e. The number of anilines is 1. The zero-order chi connectivity index (χ0) is 12.7. The molecule has 0 amide bonds. The van der Waals surface area contributed by atoms with Gasteiger partial charge in [-0.25, -0.2) is 0 Å². The lowest BCUT2D eigenvalue weighted by Gasteiger charge is -2.12. The molecule has 2 nitrogen and oxygen atoms in total. The molecule has 1 heterocycles. The zero-order valence-electron chi connectivity index (χ0n) is 9.44. The van der Waals surface area contributed by atoms with Crippen LogP contribution >= 0.6 is 39.1 Å². The van der Waals surface area contributed by atoms with Gasteiger partial charge >= 0.3 is 0 Å². The summed E-state index contributed by atoms with van der Waals surface area (Å²) in [5, 5.41) is 1.75. The SMILES string of the molecule is CCc1c(C)nc2c(Cl)c(Cl)c(Br)cc2c1N. The number of benzene rings is 1. The number of nitrogens with zero attached hydrogens (tertiary/aromatic N) is 1. The molecule has 5 heteroatoms. The van der Waals surface area contributed by atoms with E-state index in [0.29, 0.717) is 15.6 Å². The van der Waals surface area contributed by atoms with Crippen LogP contribution in [0.4, 0.5) is 5.69 Å². The van der Waals surface area contributed by atoms with Crippen molar-refractivity contribution in [3.8, 4) is 0 Å². The van der Waals surface area contributed by atoms with Crippen LogP contribution in [0.25, 0.3) is 10.9 Å². The Hall–Kier alpha value is -0.510. The first-order chi connectivity index (χ1) is 7.97. The van der Waals surface area contributed by atoms with E-state index in [1.54, 1.807) is 0 Å². The lowest BCUT2D eigenvalue weighted by atomic mass is 10.0. The highest BCUT2D eigenvalue weighted by atomic mass is 79.9. The summed E-state index contributed by atoms with van der Waals surface area (Å²) in [5.41, 5.74) is 9.50. The zero-order valence-corrected chi connectivity index (χ0v) is 12.5. The highest BCUT2D eigenvalue weighted by Gasteiger charge is 2.15. The van der Waals surface area contributed by atoms with Gasteiger partial charge in [0.25, 0.3) is 0 Å². The van der Waals surface area contributed by atoms with E-state index in [9.17, 15) is 0 Å². The molecule has 0 aliphatic heterocycles. The van der Waals surface area contributed by atoms with Crippen LogP contribution in [0.1, 0.15) is 18.2 Å². The monoisotopic (exact) mass is 332 g/mol. The Morgan fingerprint density at radius 1 is 1.35 bits per heavy atom. The predicted molar refractivity (Wildman–Crippen MR) is 78.0 cm³/mol. The minimum atomic E-state index is 0.438. The van der Waals surface area contributed by atoms with Crippen molar-refractivity contribution in [3.05, 3.63) is 31.8 Å². The first-order valence-corrected chi connectivity index (χ1v) is 6.74. The van der Waals surface area contributed by atoms with E-state index in [2.05, 4.69) is 27.8 Å². The number of fused-ring (bicyclic) bond motifs is 1. The summed E-state index contributed by atoms with van der Waals surface area (Å²) in [5.74, 6) is 0. The Balaban J connectivity index is 2.97. The van der Waals surface area contributed by atoms with Crippen molar-refractivity contribution in [2.24, 2.45) is 0 Å². The van der Waals surface area contributed by atoms with Crippen molar-refractivity contribution < 1.29 is 0 Å². The van der Waals surface area contributed by atoms with E-state index in [1.807, 2.05) is 13.0 Å². The van der Waals surface area contributed by atoms with Gasteiger partial charge in [-0.1, -0.05) is 30.1 Å². The number of aryl methyl sites for hydroxylation is 1. The van der Waals surface area contributed by atoms with Gasteiger partial charge in [0.15, 0.2) is 0 Å². The molecule has 2 aromatic rings. The molecule has 0 atom stereocenters. The number of aromatic nitrogens is 1. The fraction of sp³-hybridized carbons (Fsp3) is 0.250. The molecule has 2 rings (SSSR count). The molecule has 0 radical (unpaired) electrons. The van der Waals surface area contributed by atoms with Crippen molar-refractivity contribution >= 4 is 55.7 Å². The number of halogens is 3. The largest absolute Gasteiger partial charge is 0.398 e. The number of nitrogen functional groups attached to an aromatic ring is 1. The van der Waals surface area contributed by atoms with Crippen molar-refractivity contribution in [1.82, 2.24) is 4.98 Å². The van der Waals surface area contributed by atoms with Gasteiger partial charge in [0.2, 0.25) is 0 Å². The topological polar surface area (TPSA) is 38.9 Å². The van der Waals surface area contributed by atoms with Gasteiger partial charge in [0.05, 0.1) is 15.6 Å². The average molecular weight is 334 g/mol. The molecule has 0 aliphatic carbocycles. The Morgan fingerprint density at radius 3 is 2.59 bits per heavy atom. The Kier molecular flexibility index (Phi) is 3.53. The summed E-state index contributed by atoms with van der Waals surface area (Å²) >= 11 is 15.6. The Bertz CT molecular complexity index is 611. The van der Waals surface area contributed by atoms with Gasteiger partial charge in [-0.3, -0.25) is 4.98 Å². The summed E-state index contributed by atoms with van der Waals surface area (Å²) in [6, 6.07) is 1.87. The summed E-state index contributed by atoms with van der Waals surface area (Å²) in [7, 11) is 0. The molecule has 0 aliphatic rings.